The van der Waals surface area contributed by atoms with Crippen molar-refractivity contribution in [3.8, 4) is 10.4 Å². The van der Waals surface area contributed by atoms with E-state index in [2.05, 4.69) is 4.98 Å². The van der Waals surface area contributed by atoms with E-state index < -0.39 is 12.1 Å². The average molecular weight is 344 g/mol. The summed E-state index contributed by atoms with van der Waals surface area (Å²) in [6.07, 6.45) is 0.976. The SMILES string of the molecule is Cc1nc(C(=O)N2C3CC(C3)C(O)C2CO)c(-c2ccccc2)s1. The predicted octanol–water partition coefficient (Wildman–Crippen LogP) is 2.07. The molecule has 2 N–H and O–H groups in total. The molecule has 0 spiro atoms. The second-order valence-electron chi connectivity index (χ2n) is 6.61. The van der Waals surface area contributed by atoms with Gasteiger partial charge in [-0.15, -0.1) is 11.3 Å². The van der Waals surface area contributed by atoms with Crippen molar-refractivity contribution in [3.05, 3.63) is 41.0 Å². The molecule has 1 aliphatic carbocycles. The molecule has 1 aromatic carbocycles. The highest BCUT2D eigenvalue weighted by atomic mass is 32.1. The van der Waals surface area contributed by atoms with Crippen LogP contribution in [0.1, 0.15) is 28.3 Å². The summed E-state index contributed by atoms with van der Waals surface area (Å²) < 4.78 is 0. The van der Waals surface area contributed by atoms with Crippen LogP contribution in [0.2, 0.25) is 0 Å². The first-order valence-electron chi connectivity index (χ1n) is 8.24. The lowest BCUT2D eigenvalue weighted by Crippen LogP contribution is -2.67. The topological polar surface area (TPSA) is 73.7 Å². The first-order valence-corrected chi connectivity index (χ1v) is 9.06. The normalized spacial score (nSPS) is 28.5. The highest BCUT2D eigenvalue weighted by molar-refractivity contribution is 7.15. The summed E-state index contributed by atoms with van der Waals surface area (Å²) in [4.78, 5) is 20.2. The van der Waals surface area contributed by atoms with Crippen LogP contribution in [0.25, 0.3) is 10.4 Å². The van der Waals surface area contributed by atoms with E-state index in [1.54, 1.807) is 4.90 Å². The number of nitrogens with zero attached hydrogens (tertiary/aromatic N) is 2. The summed E-state index contributed by atoms with van der Waals surface area (Å²) >= 11 is 1.50. The molecule has 2 aliphatic heterocycles. The Morgan fingerprint density at radius 3 is 2.71 bits per heavy atom. The van der Waals surface area contributed by atoms with Gasteiger partial charge in [0, 0.05) is 6.04 Å². The second kappa shape index (κ2) is 5.95. The van der Waals surface area contributed by atoms with Gasteiger partial charge in [0.05, 0.1) is 28.6 Å². The van der Waals surface area contributed by atoms with Gasteiger partial charge in [0.25, 0.3) is 5.91 Å². The third-order valence-electron chi connectivity index (χ3n) is 5.17. The molecule has 1 aromatic heterocycles. The number of rotatable bonds is 3. The lowest BCUT2D eigenvalue weighted by Gasteiger charge is -2.55. The van der Waals surface area contributed by atoms with Crippen molar-refractivity contribution in [1.29, 1.82) is 0 Å². The first-order chi connectivity index (χ1) is 11.6. The van der Waals surface area contributed by atoms with Gasteiger partial charge in [0.2, 0.25) is 0 Å². The van der Waals surface area contributed by atoms with E-state index in [0.29, 0.717) is 5.69 Å². The van der Waals surface area contributed by atoms with Gasteiger partial charge in [-0.2, -0.15) is 0 Å². The second-order valence-corrected chi connectivity index (χ2v) is 7.82. The summed E-state index contributed by atoms with van der Waals surface area (Å²) in [6, 6.07) is 9.34. The number of fused-ring (bicyclic) bond motifs is 2. The van der Waals surface area contributed by atoms with Crippen molar-refractivity contribution in [3.63, 3.8) is 0 Å². The molecule has 126 valence electrons. The fraction of sp³-hybridized carbons (Fsp3) is 0.444. The molecule has 3 aliphatic rings. The Hall–Kier alpha value is -1.76. The number of carbonyl (C=O) groups excluding carboxylic acids is 1. The van der Waals surface area contributed by atoms with Crippen LogP contribution in [-0.2, 0) is 0 Å². The number of thiazole rings is 1. The van der Waals surface area contributed by atoms with Gasteiger partial charge in [-0.05, 0) is 31.2 Å². The van der Waals surface area contributed by atoms with Crippen LogP contribution < -0.4 is 0 Å². The summed E-state index contributed by atoms with van der Waals surface area (Å²) in [5.41, 5.74) is 1.40. The van der Waals surface area contributed by atoms with E-state index in [-0.39, 0.29) is 24.5 Å². The Morgan fingerprint density at radius 1 is 1.33 bits per heavy atom. The molecular weight excluding hydrogens is 324 g/mol. The zero-order chi connectivity index (χ0) is 16.8. The maximum atomic E-state index is 13.2. The van der Waals surface area contributed by atoms with Crippen molar-refractivity contribution < 1.29 is 15.0 Å². The molecule has 24 heavy (non-hydrogen) atoms. The maximum Gasteiger partial charge on any atom is 0.274 e. The van der Waals surface area contributed by atoms with Crippen molar-refractivity contribution >= 4 is 17.2 Å². The zero-order valence-corrected chi connectivity index (χ0v) is 14.2. The van der Waals surface area contributed by atoms with Crippen molar-refractivity contribution in [1.82, 2.24) is 9.88 Å². The fourth-order valence-electron chi connectivity index (χ4n) is 3.88. The molecule has 3 heterocycles. The highest BCUT2D eigenvalue weighted by Crippen LogP contribution is 2.44. The molecule has 3 fully saturated rings. The third-order valence-corrected chi connectivity index (χ3v) is 6.19. The first kappa shape index (κ1) is 15.7. The zero-order valence-electron chi connectivity index (χ0n) is 13.4. The van der Waals surface area contributed by atoms with Crippen LogP contribution in [0.5, 0.6) is 0 Å². The Morgan fingerprint density at radius 2 is 2.04 bits per heavy atom. The smallest absolute Gasteiger partial charge is 0.274 e. The van der Waals surface area contributed by atoms with Gasteiger partial charge in [-0.3, -0.25) is 4.79 Å². The molecule has 2 unspecified atom stereocenters. The van der Waals surface area contributed by atoms with E-state index in [9.17, 15) is 15.0 Å². The molecule has 2 atom stereocenters. The van der Waals surface area contributed by atoms with E-state index in [4.69, 9.17) is 0 Å². The lowest BCUT2D eigenvalue weighted by atomic mass is 9.68. The third kappa shape index (κ3) is 2.37. The molecule has 2 saturated heterocycles. The number of hydrogen-bond donors (Lipinski definition) is 2. The Kier molecular flexibility index (Phi) is 3.90. The van der Waals surface area contributed by atoms with Crippen LogP contribution in [0.15, 0.2) is 30.3 Å². The monoisotopic (exact) mass is 344 g/mol. The molecule has 1 saturated carbocycles. The van der Waals surface area contributed by atoms with Crippen molar-refractivity contribution in [2.75, 3.05) is 6.61 Å². The Labute approximate surface area is 144 Å². The minimum Gasteiger partial charge on any atom is -0.394 e. The number of hydrogen-bond acceptors (Lipinski definition) is 5. The van der Waals surface area contributed by atoms with Crippen LogP contribution in [0.3, 0.4) is 0 Å². The number of carbonyl (C=O) groups is 1. The van der Waals surface area contributed by atoms with Crippen molar-refractivity contribution in [2.45, 2.75) is 38.0 Å². The van der Waals surface area contributed by atoms with Crippen LogP contribution in [-0.4, -0.2) is 50.8 Å². The average Bonchev–Trinajstić information content (AvgIpc) is 2.95. The standard InChI is InChI=1S/C18H20N2O3S/c1-10-19-15(17(24-10)11-5-3-2-4-6-11)18(23)20-13-7-12(8-13)16(22)14(20)9-21/h2-6,12-14,16,21-22H,7-9H2,1H3. The molecule has 5 rings (SSSR count). The molecule has 2 aromatic rings. The van der Waals surface area contributed by atoms with Crippen LogP contribution in [0, 0.1) is 12.8 Å². The molecule has 2 bridgehead atoms. The number of aromatic nitrogens is 1. The predicted molar refractivity (Wildman–Crippen MR) is 91.8 cm³/mol. The van der Waals surface area contributed by atoms with Crippen LogP contribution >= 0.6 is 11.3 Å². The van der Waals surface area contributed by atoms with Gasteiger partial charge in [-0.25, -0.2) is 4.98 Å². The minimum atomic E-state index is -0.649. The molecule has 6 heteroatoms. The van der Waals surface area contributed by atoms with Gasteiger partial charge >= 0.3 is 0 Å². The number of aliphatic hydroxyl groups excluding tert-OH is 2. The van der Waals surface area contributed by atoms with Gasteiger partial charge < -0.3 is 15.1 Å². The summed E-state index contributed by atoms with van der Waals surface area (Å²) in [5.74, 6) is 0.0291. The van der Waals surface area contributed by atoms with E-state index in [1.807, 2.05) is 37.3 Å². The fourth-order valence-corrected chi connectivity index (χ4v) is 4.79. The molecule has 0 radical (unpaired) electrons. The van der Waals surface area contributed by atoms with Gasteiger partial charge in [0.15, 0.2) is 0 Å². The Balaban J connectivity index is 1.72. The van der Waals surface area contributed by atoms with E-state index in [1.165, 1.54) is 11.3 Å². The summed E-state index contributed by atoms with van der Waals surface area (Å²) in [7, 11) is 0. The van der Waals surface area contributed by atoms with Gasteiger partial charge in [0.1, 0.15) is 5.69 Å². The number of piperidine rings is 2. The summed E-state index contributed by atoms with van der Waals surface area (Å²) in [6.45, 7) is 1.67. The van der Waals surface area contributed by atoms with Crippen LogP contribution in [0.4, 0.5) is 0 Å². The van der Waals surface area contributed by atoms with E-state index >= 15 is 0 Å². The molecule has 5 nitrogen and oxygen atoms in total. The quantitative estimate of drug-likeness (QED) is 0.894. The van der Waals surface area contributed by atoms with E-state index in [0.717, 1.165) is 28.3 Å². The number of aliphatic hydroxyl groups is 2. The number of benzene rings is 1. The Bertz CT molecular complexity index is 755. The molecule has 1 amide bonds. The van der Waals surface area contributed by atoms with Gasteiger partial charge in [-0.1, -0.05) is 30.3 Å². The lowest BCUT2D eigenvalue weighted by molar-refractivity contribution is -0.119. The number of aryl methyl sites for hydroxylation is 1. The maximum absolute atomic E-state index is 13.2. The number of amides is 1. The molecular formula is C18H20N2O3S. The largest absolute Gasteiger partial charge is 0.394 e. The minimum absolute atomic E-state index is 0.105. The highest BCUT2D eigenvalue weighted by Gasteiger charge is 2.52. The summed E-state index contributed by atoms with van der Waals surface area (Å²) in [5, 5.41) is 20.9. The van der Waals surface area contributed by atoms with Crippen molar-refractivity contribution in [2.24, 2.45) is 5.92 Å².